The van der Waals surface area contributed by atoms with Crippen molar-refractivity contribution in [2.75, 3.05) is 29.8 Å². The van der Waals surface area contributed by atoms with E-state index < -0.39 is 27.1 Å². The molecular formula is C18H24N2O6S. The molecule has 1 N–H and O–H groups in total. The van der Waals surface area contributed by atoms with Gasteiger partial charge in [0.2, 0.25) is 15.9 Å². The molecule has 8 nitrogen and oxygen atoms in total. The van der Waals surface area contributed by atoms with Crippen LogP contribution in [0.25, 0.3) is 0 Å². The van der Waals surface area contributed by atoms with E-state index in [4.69, 9.17) is 9.47 Å². The van der Waals surface area contributed by atoms with E-state index in [1.54, 1.807) is 13.8 Å². The van der Waals surface area contributed by atoms with Gasteiger partial charge in [-0.2, -0.15) is 0 Å². The van der Waals surface area contributed by atoms with Crippen molar-refractivity contribution in [1.82, 2.24) is 5.32 Å². The average Bonchev–Trinajstić information content (AvgIpc) is 3.07. The number of rotatable bonds is 5. The molecule has 148 valence electrons. The van der Waals surface area contributed by atoms with E-state index in [0.29, 0.717) is 31.7 Å². The van der Waals surface area contributed by atoms with E-state index in [9.17, 15) is 18.0 Å². The number of nitrogens with one attached hydrogen (secondary N) is 1. The summed E-state index contributed by atoms with van der Waals surface area (Å²) in [5.74, 6) is -1.66. The number of carbonyl (C=O) groups excluding carboxylic acids is 2. The molecule has 0 unspecified atom stereocenters. The highest BCUT2D eigenvalue weighted by molar-refractivity contribution is 7.94. The van der Waals surface area contributed by atoms with Gasteiger partial charge in [0.1, 0.15) is 0 Å². The van der Waals surface area contributed by atoms with Gasteiger partial charge in [-0.15, -0.1) is 0 Å². The number of hydrogen-bond donors (Lipinski definition) is 1. The van der Waals surface area contributed by atoms with Crippen LogP contribution in [0, 0.1) is 5.41 Å². The second-order valence-electron chi connectivity index (χ2n) is 7.59. The zero-order chi connectivity index (χ0) is 19.9. The van der Waals surface area contributed by atoms with Gasteiger partial charge in [0.05, 0.1) is 30.1 Å². The predicted octanol–water partition coefficient (Wildman–Crippen LogP) is 1.27. The Bertz CT molecular complexity index is 841. The fraction of sp³-hybridized carbons (Fsp3) is 0.556. The number of sulfonamides is 1. The molecule has 0 spiro atoms. The van der Waals surface area contributed by atoms with E-state index in [-0.39, 0.29) is 17.3 Å². The predicted molar refractivity (Wildman–Crippen MR) is 98.8 cm³/mol. The zero-order valence-electron chi connectivity index (χ0n) is 15.6. The summed E-state index contributed by atoms with van der Waals surface area (Å²) >= 11 is 0. The zero-order valence-corrected chi connectivity index (χ0v) is 16.5. The van der Waals surface area contributed by atoms with Crippen molar-refractivity contribution in [3.05, 3.63) is 29.8 Å². The third-order valence-corrected chi connectivity index (χ3v) is 6.73. The average molecular weight is 396 g/mol. The highest BCUT2D eigenvalue weighted by Crippen LogP contribution is 2.35. The van der Waals surface area contributed by atoms with Crippen LogP contribution >= 0.6 is 0 Å². The molecule has 2 saturated heterocycles. The second kappa shape index (κ2) is 6.88. The highest BCUT2D eigenvalue weighted by Gasteiger charge is 2.49. The molecule has 2 aliphatic heterocycles. The molecule has 2 fully saturated rings. The van der Waals surface area contributed by atoms with E-state index in [1.807, 2.05) is 6.92 Å². The van der Waals surface area contributed by atoms with Crippen LogP contribution < -0.4 is 9.62 Å². The molecule has 1 aromatic carbocycles. The first-order valence-electron chi connectivity index (χ1n) is 8.78. The van der Waals surface area contributed by atoms with Gasteiger partial charge in [-0.05, 0) is 45.0 Å². The van der Waals surface area contributed by atoms with Crippen LogP contribution in [0.3, 0.4) is 0 Å². The molecule has 2 heterocycles. The van der Waals surface area contributed by atoms with Crippen molar-refractivity contribution in [1.29, 1.82) is 0 Å². The fourth-order valence-electron chi connectivity index (χ4n) is 3.22. The molecule has 1 aromatic rings. The number of carbonyl (C=O) groups is 2. The third-order valence-electron chi connectivity index (χ3n) is 4.71. The van der Waals surface area contributed by atoms with Crippen LogP contribution in [0.2, 0.25) is 0 Å². The molecule has 0 aliphatic carbocycles. The topological polar surface area (TPSA) is 102 Å². The second-order valence-corrected chi connectivity index (χ2v) is 9.41. The summed E-state index contributed by atoms with van der Waals surface area (Å²) in [4.78, 5) is 24.7. The van der Waals surface area contributed by atoms with E-state index in [0.717, 1.165) is 4.31 Å². The van der Waals surface area contributed by atoms with Gasteiger partial charge in [-0.25, -0.2) is 12.7 Å². The first-order chi connectivity index (χ1) is 12.5. The molecule has 0 aromatic heterocycles. The smallest absolute Gasteiger partial charge is 0.251 e. The van der Waals surface area contributed by atoms with Crippen molar-refractivity contribution in [3.8, 4) is 0 Å². The number of hydrogen-bond acceptors (Lipinski definition) is 6. The lowest BCUT2D eigenvalue weighted by Gasteiger charge is -2.22. The molecule has 0 radical (unpaired) electrons. The van der Waals surface area contributed by atoms with Crippen LogP contribution in [-0.4, -0.2) is 51.5 Å². The van der Waals surface area contributed by atoms with Crippen molar-refractivity contribution in [2.24, 2.45) is 5.41 Å². The Hall–Kier alpha value is -1.97. The Morgan fingerprint density at radius 3 is 2.26 bits per heavy atom. The maximum absolute atomic E-state index is 12.4. The number of nitrogens with zero attached hydrogens (tertiary/aromatic N) is 1. The van der Waals surface area contributed by atoms with E-state index in [1.165, 1.54) is 24.3 Å². The summed E-state index contributed by atoms with van der Waals surface area (Å²) in [6, 6.07) is 5.94. The summed E-state index contributed by atoms with van der Waals surface area (Å²) in [7, 11) is -3.71. The standard InChI is InChI=1S/C18H24N2O6S/c1-17(2)12-27(23,24)20(16(17)22)14-6-4-13(5-7-14)15(21)19-9-8-18(3)25-10-11-26-18/h4-7H,8-12H2,1-3H3,(H,19,21). The fourth-order valence-corrected chi connectivity index (χ4v) is 5.32. The maximum Gasteiger partial charge on any atom is 0.251 e. The minimum absolute atomic E-state index is 0.232. The van der Waals surface area contributed by atoms with Crippen LogP contribution in [0.5, 0.6) is 0 Å². The van der Waals surface area contributed by atoms with Crippen LogP contribution in [0.15, 0.2) is 24.3 Å². The lowest BCUT2D eigenvalue weighted by molar-refractivity contribution is -0.145. The van der Waals surface area contributed by atoms with Crippen molar-refractivity contribution >= 4 is 27.5 Å². The Morgan fingerprint density at radius 2 is 1.74 bits per heavy atom. The minimum Gasteiger partial charge on any atom is -0.352 e. The summed E-state index contributed by atoms with van der Waals surface area (Å²) in [6.07, 6.45) is 0.520. The van der Waals surface area contributed by atoms with Gasteiger partial charge in [0.15, 0.2) is 5.79 Å². The van der Waals surface area contributed by atoms with Crippen molar-refractivity contribution in [3.63, 3.8) is 0 Å². The quantitative estimate of drug-likeness (QED) is 0.804. The molecule has 2 aliphatic rings. The minimum atomic E-state index is -3.71. The molecule has 27 heavy (non-hydrogen) atoms. The summed E-state index contributed by atoms with van der Waals surface area (Å²) in [5, 5.41) is 2.78. The van der Waals surface area contributed by atoms with Gasteiger partial charge in [0, 0.05) is 18.5 Å². The Morgan fingerprint density at radius 1 is 1.15 bits per heavy atom. The Kier molecular flexibility index (Phi) is 5.04. The largest absolute Gasteiger partial charge is 0.352 e. The molecule has 2 amide bonds. The Balaban J connectivity index is 1.65. The van der Waals surface area contributed by atoms with Gasteiger partial charge >= 0.3 is 0 Å². The van der Waals surface area contributed by atoms with Gasteiger partial charge in [0.25, 0.3) is 5.91 Å². The van der Waals surface area contributed by atoms with Crippen molar-refractivity contribution in [2.45, 2.75) is 33.0 Å². The molecule has 9 heteroatoms. The molecule has 0 bridgehead atoms. The summed E-state index contributed by atoms with van der Waals surface area (Å²) < 4.78 is 36.4. The number of amides is 2. The van der Waals surface area contributed by atoms with Crippen LogP contribution in [0.1, 0.15) is 37.6 Å². The van der Waals surface area contributed by atoms with E-state index >= 15 is 0 Å². The van der Waals surface area contributed by atoms with Crippen molar-refractivity contribution < 1.29 is 27.5 Å². The molecule has 3 rings (SSSR count). The molecular weight excluding hydrogens is 372 g/mol. The van der Waals surface area contributed by atoms with E-state index in [2.05, 4.69) is 5.32 Å². The number of anilines is 1. The maximum atomic E-state index is 12.4. The highest BCUT2D eigenvalue weighted by atomic mass is 32.2. The summed E-state index contributed by atoms with van der Waals surface area (Å²) in [6.45, 7) is 6.50. The number of ether oxygens (including phenoxy) is 2. The van der Waals surface area contributed by atoms with Crippen LogP contribution in [0.4, 0.5) is 5.69 Å². The third kappa shape index (κ3) is 3.99. The lowest BCUT2D eigenvalue weighted by atomic mass is 9.95. The first kappa shape index (κ1) is 19.8. The SMILES string of the molecule is CC1(CCNC(=O)c2ccc(N3C(=O)C(C)(C)CS3(=O)=O)cc2)OCCO1. The first-order valence-corrected chi connectivity index (χ1v) is 10.4. The van der Waals surface area contributed by atoms with Gasteiger partial charge < -0.3 is 14.8 Å². The van der Waals surface area contributed by atoms with Gasteiger partial charge in [-0.1, -0.05) is 0 Å². The molecule has 0 saturated carbocycles. The summed E-state index contributed by atoms with van der Waals surface area (Å²) in [5.41, 5.74) is -0.349. The van der Waals surface area contributed by atoms with Crippen LogP contribution in [-0.2, 0) is 24.3 Å². The lowest BCUT2D eigenvalue weighted by Crippen LogP contribution is -2.34. The van der Waals surface area contributed by atoms with Gasteiger partial charge in [-0.3, -0.25) is 9.59 Å². The number of benzene rings is 1. The molecule has 0 atom stereocenters. The normalized spacial score (nSPS) is 22.8. The Labute approximate surface area is 158 Å². The monoisotopic (exact) mass is 396 g/mol.